The fourth-order valence-electron chi connectivity index (χ4n) is 11.4. The van der Waals surface area contributed by atoms with Crippen molar-refractivity contribution < 1.29 is 250 Å². The van der Waals surface area contributed by atoms with E-state index in [4.69, 9.17) is 86.2 Å². The van der Waals surface area contributed by atoms with E-state index in [2.05, 4.69) is 18.7 Å². The molecule has 2 fully saturated rings. The molecule has 0 radical (unpaired) electrons. The molecule has 4 aliphatic heterocycles. The Labute approximate surface area is 675 Å². The Balaban J connectivity index is 0.000000666. The fraction of sp³-hybridized carbons (Fsp3) is 0.597. The molecule has 2 saturated heterocycles. The van der Waals surface area contributed by atoms with Crippen molar-refractivity contribution >= 4 is 43.6 Å². The molecule has 4 heterocycles. The minimum absolute atomic E-state index is 0. The van der Waals surface area contributed by atoms with E-state index >= 15 is 0 Å². The molecule has 0 spiro atoms. The average Bonchev–Trinajstić information content (AvgIpc) is 0.756. The summed E-state index contributed by atoms with van der Waals surface area (Å²) in [5.74, 6) is 0.577. The Morgan fingerprint density at radius 2 is 1.07 bits per heavy atom. The second-order valence-electron chi connectivity index (χ2n) is 23.3. The summed E-state index contributed by atoms with van der Waals surface area (Å²) in [4.78, 5) is 34.1. The predicted molar refractivity (Wildman–Crippen MR) is 356 cm³/mol. The molecule has 0 aromatic heterocycles. The molecule has 0 amide bonds. The number of ketones is 1. The van der Waals surface area contributed by atoms with Gasteiger partial charge in [-0.3, -0.25) is 18.7 Å². The number of aliphatic hydroxyl groups is 9. The molecule has 4 aromatic carbocycles. The van der Waals surface area contributed by atoms with Crippen LogP contribution in [0, 0.1) is 11.8 Å². The van der Waals surface area contributed by atoms with Gasteiger partial charge in [0.2, 0.25) is 0 Å². The summed E-state index contributed by atoms with van der Waals surface area (Å²) in [6, 6.07) is 30.2. The van der Waals surface area contributed by atoms with Gasteiger partial charge in [0.25, 0.3) is 21.2 Å². The molecule has 101 heavy (non-hydrogen) atoms. The molecule has 21 atom stereocenters. The number of methoxy groups -OCH3 is 8. The molecule has 4 aromatic rings. The molecule has 4 aliphatic rings. The van der Waals surface area contributed by atoms with Crippen molar-refractivity contribution in [1.82, 2.24) is 0 Å². The van der Waals surface area contributed by atoms with Crippen molar-refractivity contribution in [3.63, 3.8) is 0 Å². The molecule has 34 heteroatoms. The van der Waals surface area contributed by atoms with Crippen molar-refractivity contribution in [2.75, 3.05) is 102 Å². The van der Waals surface area contributed by atoms with Crippen LogP contribution in [0.25, 0.3) is 22.3 Å². The number of fused-ring (bicyclic) bond motifs is 6. The van der Waals surface area contributed by atoms with Gasteiger partial charge < -0.3 is 128 Å². The summed E-state index contributed by atoms with van der Waals surface area (Å²) in [7, 11) is 6.52. The van der Waals surface area contributed by atoms with Gasteiger partial charge in [0.15, 0.2) is 12.6 Å². The number of carbonyl (C=O) groups is 3. The Morgan fingerprint density at radius 1 is 0.614 bits per heavy atom. The largest absolute Gasteiger partial charge is 1.00 e. The van der Waals surface area contributed by atoms with Gasteiger partial charge in [-0.15, -0.1) is 0 Å². The number of para-hydroxylation sites is 2. The van der Waals surface area contributed by atoms with Crippen molar-refractivity contribution in [1.29, 1.82) is 0 Å². The van der Waals surface area contributed by atoms with E-state index in [9.17, 15) is 54.5 Å². The van der Waals surface area contributed by atoms with E-state index in [1.807, 2.05) is 91.0 Å². The first-order chi connectivity index (χ1) is 47.3. The summed E-state index contributed by atoms with van der Waals surface area (Å²) in [6.45, 7) is 5.64. The number of rotatable bonds is 30. The first kappa shape index (κ1) is 95.1. The molecule has 0 bridgehead atoms. The second-order valence-corrected chi connectivity index (χ2v) is 28.1. The Kier molecular flexibility index (Phi) is 45.6. The predicted octanol–water partition coefficient (Wildman–Crippen LogP) is -4.61. The van der Waals surface area contributed by atoms with Crippen LogP contribution in [0.5, 0.6) is 11.5 Å². The van der Waals surface area contributed by atoms with Crippen LogP contribution < -0.4 is 128 Å². The van der Waals surface area contributed by atoms with Gasteiger partial charge in [0.05, 0.1) is 75.0 Å². The van der Waals surface area contributed by atoms with E-state index < -0.39 is 120 Å². The molecule has 9 N–H and O–H groups in total. The van der Waals surface area contributed by atoms with Crippen LogP contribution in [-0.2, 0) is 85.2 Å². The normalized spacial score (nSPS) is 26.3. The second kappa shape index (κ2) is 48.4. The van der Waals surface area contributed by atoms with E-state index in [1.165, 1.54) is 14.0 Å². The Morgan fingerprint density at radius 3 is 1.51 bits per heavy atom. The first-order valence-corrected chi connectivity index (χ1v) is 35.3. The third-order valence-electron chi connectivity index (χ3n) is 16.8. The van der Waals surface area contributed by atoms with Crippen LogP contribution in [-0.4, -0.2) is 271 Å². The topological polar surface area (TPSA) is 429 Å². The number of Topliss-reactive ketones (excluding diaryl/α,β-unsaturated/α-hetero) is 1. The number of aliphatic hydroxyl groups excluding tert-OH is 9. The van der Waals surface area contributed by atoms with Gasteiger partial charge in [-0.05, 0) is 48.7 Å². The quantitative estimate of drug-likeness (QED) is 0.00592. The van der Waals surface area contributed by atoms with Crippen LogP contribution in [0.1, 0.15) is 42.0 Å². The van der Waals surface area contributed by atoms with Gasteiger partial charge in [0, 0.05) is 79.4 Å². The van der Waals surface area contributed by atoms with Crippen LogP contribution >= 0.6 is 14.7 Å². The van der Waals surface area contributed by atoms with Crippen molar-refractivity contribution in [2.45, 2.75) is 145 Å². The van der Waals surface area contributed by atoms with Gasteiger partial charge in [-0.25, -0.2) is 0 Å². The summed E-state index contributed by atoms with van der Waals surface area (Å²) < 4.78 is 105. The van der Waals surface area contributed by atoms with Crippen LogP contribution in [0.15, 0.2) is 97.1 Å². The summed E-state index contributed by atoms with van der Waals surface area (Å²) in [5.41, 5.74) is 3.73. The number of ether oxygens (including phenoxy) is 12. The molecule has 3 unspecified atom stereocenters. The number of carbonyl (C=O) groups excluding carboxylic acids is 3. The molecule has 0 aliphatic carbocycles. The van der Waals surface area contributed by atoms with Gasteiger partial charge in [-0.2, -0.15) is 0 Å². The molecule has 30 nitrogen and oxygen atoms in total. The monoisotopic (exact) mass is 1520 g/mol. The Bertz CT molecular complexity index is 3150. The van der Waals surface area contributed by atoms with E-state index in [0.29, 0.717) is 23.4 Å². The maximum atomic E-state index is 13.4. The minimum atomic E-state index is -3.16. The van der Waals surface area contributed by atoms with Gasteiger partial charge in [0.1, 0.15) is 96.6 Å². The molecular weight excluding hydrogens is 1420 g/mol. The van der Waals surface area contributed by atoms with Gasteiger partial charge in [-0.1, -0.05) is 93.6 Å². The van der Waals surface area contributed by atoms with E-state index in [-0.39, 0.29) is 178 Å². The zero-order valence-electron chi connectivity index (χ0n) is 60.6. The zero-order valence-corrected chi connectivity index (χ0v) is 67.7. The SMILES string of the molecule is CC(=O)CCP1(=O)Oc2ccccc2-c2ccccc21.CC[C@H]1O[C@H](OC[C@@H](OC)[C@@H](OC)[C@H](OC)[C@@H](COC)OC)[C@H](OC)[C@@H](OC)[C@@H]1C.COC(=O)C(C)CP1(=O)Oc2ccccc2-c2ccccc21.O=CO[O-].OC[C@@H](O)[C@@H](O)[C@H](O)[C@H](O)CO[C@H]1O[C@H](CO)[C@@H](O)[C@H](O)[C@H]1O.[H-].[K+].[K+]. The van der Waals surface area contributed by atoms with E-state index in [0.717, 1.165) is 34.0 Å². The third kappa shape index (κ3) is 26.4. The van der Waals surface area contributed by atoms with E-state index in [1.54, 1.807) is 62.8 Å². The number of esters is 1. The maximum Gasteiger partial charge on any atom is 1.00 e. The molecule has 8 rings (SSSR count). The summed E-state index contributed by atoms with van der Waals surface area (Å²) in [5, 5.41) is 94.2. The van der Waals surface area contributed by atoms with Crippen LogP contribution in [0.4, 0.5) is 0 Å². The molecular formula is C67H100K2O30P2. The van der Waals surface area contributed by atoms with Crippen molar-refractivity contribution in [3.8, 4) is 33.8 Å². The number of hydrogen-bond acceptors (Lipinski definition) is 30. The summed E-state index contributed by atoms with van der Waals surface area (Å²) in [6.07, 6.45) is -15.9. The number of benzene rings is 4. The zero-order chi connectivity index (χ0) is 73.7. The third-order valence-corrected chi connectivity index (χ3v) is 21.9. The number of hydrogen-bond donors (Lipinski definition) is 9. The minimum Gasteiger partial charge on any atom is -1.00 e. The van der Waals surface area contributed by atoms with Crippen molar-refractivity contribution in [2.24, 2.45) is 11.8 Å². The fourth-order valence-corrected chi connectivity index (χ4v) is 16.4. The average molecular weight is 1530 g/mol. The van der Waals surface area contributed by atoms with Crippen molar-refractivity contribution in [3.05, 3.63) is 97.1 Å². The summed E-state index contributed by atoms with van der Waals surface area (Å²) >= 11 is 0. The molecule has 0 saturated carbocycles. The maximum absolute atomic E-state index is 13.4. The Hall–Kier alpha value is -2.02. The molecule has 560 valence electrons. The smallest absolute Gasteiger partial charge is 1.00 e. The van der Waals surface area contributed by atoms with Gasteiger partial charge >= 0.3 is 109 Å². The van der Waals surface area contributed by atoms with Crippen LogP contribution in [0.2, 0.25) is 0 Å². The van der Waals surface area contributed by atoms with Crippen LogP contribution in [0.3, 0.4) is 0 Å². The first-order valence-electron chi connectivity index (χ1n) is 31.7. The standard InChI is InChI=1S/C21H42O9.C17H17O4P.C16H15O3P.C12H24O11.CH2O3.2K.H/c1-10-14-13(2)17(25-6)20(28-9)21(30-14)29-12-16(24-5)19(27-8)18(26-7)15(23-4)11-22-3;1-12(17(18)20-2)11-22(19)16-10-6-4-8-14(16)13-7-3-5-9-15(13)21-22;1-12(17)10-11-20(18)16-9-5-3-7-14(16)13-6-2-4-8-15(13)19-20;13-1-4(15)7(17)8(18)5(16)3-22-12-11(21)10(20)9(19)6(2-14)23-12;2-1-4-3;;;/h13-21H,10-12H2,1-9H3;3-10,12H,11H2,1-2H3;2-9H,10-11H2,1H3;4-21H,1-3H2;1,3H;;;/q;;;;;2*+1;-1/p-1/t13-,14-,15-,16-,17+,18-,19-,20-,21+;;;4-,5-,6-,7-,8-,9-,10+,11-,12+;;;;/m1..1..../s1.